The van der Waals surface area contributed by atoms with Crippen molar-refractivity contribution in [3.63, 3.8) is 0 Å². The van der Waals surface area contributed by atoms with Crippen LogP contribution in [-0.2, 0) is 20.7 Å². The molecular formula is C17H26ClN3O3. The van der Waals surface area contributed by atoms with Crippen molar-refractivity contribution >= 4 is 24.2 Å². The Bertz CT molecular complexity index is 519. The lowest BCUT2D eigenvalue weighted by Gasteiger charge is -2.34. The lowest BCUT2D eigenvalue weighted by Crippen LogP contribution is -2.51. The summed E-state index contributed by atoms with van der Waals surface area (Å²) in [4.78, 5) is 24.2. The van der Waals surface area contributed by atoms with Crippen LogP contribution in [0.15, 0.2) is 30.3 Å². The van der Waals surface area contributed by atoms with Gasteiger partial charge < -0.3 is 21.1 Å². The molecule has 0 aliphatic carbocycles. The van der Waals surface area contributed by atoms with Gasteiger partial charge in [0.2, 0.25) is 11.8 Å². The molecule has 1 saturated heterocycles. The molecule has 0 bridgehead atoms. The normalized spacial score (nSPS) is 15.9. The zero-order valence-corrected chi connectivity index (χ0v) is 14.6. The summed E-state index contributed by atoms with van der Waals surface area (Å²) in [7, 11) is 0. The number of nitrogens with two attached hydrogens (primary N) is 1. The molecule has 0 atom stereocenters. The van der Waals surface area contributed by atoms with Crippen LogP contribution < -0.4 is 16.4 Å². The Kier molecular flexibility index (Phi) is 8.74. The predicted octanol–water partition coefficient (Wildman–Crippen LogP) is 0.639. The maximum Gasteiger partial charge on any atom is 0.239 e. The molecule has 1 aliphatic heterocycles. The highest BCUT2D eigenvalue weighted by atomic mass is 35.5. The fourth-order valence-corrected chi connectivity index (χ4v) is 2.69. The molecule has 1 aromatic rings. The molecule has 2 amide bonds. The summed E-state index contributed by atoms with van der Waals surface area (Å²) in [5.74, 6) is -0.338. The quantitative estimate of drug-likeness (QED) is 0.669. The highest BCUT2D eigenvalue weighted by Crippen LogP contribution is 2.29. The van der Waals surface area contributed by atoms with Gasteiger partial charge in [-0.2, -0.15) is 0 Å². The third-order valence-electron chi connectivity index (χ3n) is 4.31. The zero-order chi connectivity index (χ0) is 16.5. The number of amides is 2. The second kappa shape index (κ2) is 10.3. The Hall–Kier alpha value is -1.63. The van der Waals surface area contributed by atoms with Crippen LogP contribution in [0.3, 0.4) is 0 Å². The molecule has 6 nitrogen and oxygen atoms in total. The van der Waals surface area contributed by atoms with Crippen LogP contribution in [0, 0.1) is 5.41 Å². The van der Waals surface area contributed by atoms with E-state index in [9.17, 15) is 9.59 Å². The monoisotopic (exact) mass is 355 g/mol. The number of rotatable bonds is 7. The van der Waals surface area contributed by atoms with Gasteiger partial charge in [0.1, 0.15) is 0 Å². The second-order valence-electron chi connectivity index (χ2n) is 5.87. The summed E-state index contributed by atoms with van der Waals surface area (Å²) >= 11 is 0. The van der Waals surface area contributed by atoms with Crippen molar-refractivity contribution in [2.75, 3.05) is 32.8 Å². The molecular weight excluding hydrogens is 330 g/mol. The SMILES string of the molecule is Cl.NCC1(C(=O)NCC(=O)NCCc2ccccc2)CCOCC1. The minimum Gasteiger partial charge on any atom is -0.381 e. The maximum absolute atomic E-state index is 12.3. The van der Waals surface area contributed by atoms with Crippen molar-refractivity contribution in [1.29, 1.82) is 0 Å². The van der Waals surface area contributed by atoms with E-state index in [0.717, 1.165) is 6.42 Å². The summed E-state index contributed by atoms with van der Waals surface area (Å²) in [5, 5.41) is 5.52. The standard InChI is InChI=1S/C17H25N3O3.ClH/c18-13-17(7-10-23-11-8-17)16(22)20-12-15(21)19-9-6-14-4-2-1-3-5-14;/h1-5H,6-13,18H2,(H,19,21)(H,20,22);1H. The highest BCUT2D eigenvalue weighted by Gasteiger charge is 2.38. The van der Waals surface area contributed by atoms with Crippen molar-refractivity contribution in [2.45, 2.75) is 19.3 Å². The fourth-order valence-electron chi connectivity index (χ4n) is 2.69. The summed E-state index contributed by atoms with van der Waals surface area (Å²) in [6.07, 6.45) is 1.97. The summed E-state index contributed by atoms with van der Waals surface area (Å²) < 4.78 is 5.28. The first-order chi connectivity index (χ1) is 11.2. The molecule has 1 aromatic carbocycles. The largest absolute Gasteiger partial charge is 0.381 e. The van der Waals surface area contributed by atoms with E-state index in [-0.39, 0.29) is 37.3 Å². The van der Waals surface area contributed by atoms with E-state index >= 15 is 0 Å². The number of halogens is 1. The van der Waals surface area contributed by atoms with Crippen molar-refractivity contribution < 1.29 is 14.3 Å². The van der Waals surface area contributed by atoms with E-state index in [0.29, 0.717) is 32.6 Å². The minimum absolute atomic E-state index is 0. The second-order valence-corrected chi connectivity index (χ2v) is 5.87. The Morgan fingerprint density at radius 2 is 1.79 bits per heavy atom. The average Bonchev–Trinajstić information content (AvgIpc) is 2.61. The van der Waals surface area contributed by atoms with Crippen LogP contribution in [0.4, 0.5) is 0 Å². The molecule has 24 heavy (non-hydrogen) atoms. The van der Waals surface area contributed by atoms with Crippen LogP contribution >= 0.6 is 12.4 Å². The lowest BCUT2D eigenvalue weighted by atomic mass is 9.79. The molecule has 134 valence electrons. The number of carbonyl (C=O) groups excluding carboxylic acids is 2. The van der Waals surface area contributed by atoms with Gasteiger partial charge in [-0.15, -0.1) is 12.4 Å². The number of ether oxygens (including phenoxy) is 1. The predicted molar refractivity (Wildman–Crippen MR) is 95.0 cm³/mol. The van der Waals surface area contributed by atoms with Gasteiger partial charge in [0, 0.05) is 26.3 Å². The number of carbonyl (C=O) groups is 2. The smallest absolute Gasteiger partial charge is 0.239 e. The Balaban J connectivity index is 0.00000288. The van der Waals surface area contributed by atoms with Gasteiger partial charge in [0.05, 0.1) is 12.0 Å². The molecule has 1 aliphatic rings. The first-order valence-electron chi connectivity index (χ1n) is 8.03. The maximum atomic E-state index is 12.3. The van der Waals surface area contributed by atoms with E-state index in [1.807, 2.05) is 30.3 Å². The summed E-state index contributed by atoms with van der Waals surface area (Å²) in [5.41, 5.74) is 6.35. The van der Waals surface area contributed by atoms with Gasteiger partial charge in [-0.1, -0.05) is 30.3 Å². The molecule has 7 heteroatoms. The van der Waals surface area contributed by atoms with E-state index < -0.39 is 5.41 Å². The van der Waals surface area contributed by atoms with Gasteiger partial charge in [0.25, 0.3) is 0 Å². The van der Waals surface area contributed by atoms with Gasteiger partial charge in [-0.05, 0) is 24.8 Å². The molecule has 0 saturated carbocycles. The number of nitrogens with one attached hydrogen (secondary N) is 2. The van der Waals surface area contributed by atoms with Crippen molar-refractivity contribution in [2.24, 2.45) is 11.1 Å². The van der Waals surface area contributed by atoms with Gasteiger partial charge in [-0.25, -0.2) is 0 Å². The first-order valence-corrected chi connectivity index (χ1v) is 8.03. The topological polar surface area (TPSA) is 93.5 Å². The van der Waals surface area contributed by atoms with Crippen LogP contribution in [0.1, 0.15) is 18.4 Å². The number of hydrogen-bond donors (Lipinski definition) is 3. The van der Waals surface area contributed by atoms with Crippen LogP contribution in [0.2, 0.25) is 0 Å². The average molecular weight is 356 g/mol. The van der Waals surface area contributed by atoms with Gasteiger partial charge in [0.15, 0.2) is 0 Å². The molecule has 0 radical (unpaired) electrons. The molecule has 2 rings (SSSR count). The molecule has 0 spiro atoms. The summed E-state index contributed by atoms with van der Waals surface area (Å²) in [6.45, 7) is 1.88. The van der Waals surface area contributed by atoms with Crippen LogP contribution in [-0.4, -0.2) is 44.7 Å². The zero-order valence-electron chi connectivity index (χ0n) is 13.8. The Morgan fingerprint density at radius 3 is 2.42 bits per heavy atom. The summed E-state index contributed by atoms with van der Waals surface area (Å²) in [6, 6.07) is 9.93. The molecule has 1 heterocycles. The molecule has 0 unspecified atom stereocenters. The van der Waals surface area contributed by atoms with E-state index in [1.54, 1.807) is 0 Å². The van der Waals surface area contributed by atoms with E-state index in [1.165, 1.54) is 5.56 Å². The van der Waals surface area contributed by atoms with E-state index in [4.69, 9.17) is 10.5 Å². The molecule has 0 aromatic heterocycles. The van der Waals surface area contributed by atoms with Crippen LogP contribution in [0.5, 0.6) is 0 Å². The lowest BCUT2D eigenvalue weighted by molar-refractivity contribution is -0.137. The van der Waals surface area contributed by atoms with Crippen molar-refractivity contribution in [1.82, 2.24) is 10.6 Å². The fraction of sp³-hybridized carbons (Fsp3) is 0.529. The van der Waals surface area contributed by atoms with Crippen molar-refractivity contribution in [3.8, 4) is 0 Å². The number of benzene rings is 1. The van der Waals surface area contributed by atoms with Crippen LogP contribution in [0.25, 0.3) is 0 Å². The first kappa shape index (κ1) is 20.4. The van der Waals surface area contributed by atoms with Crippen molar-refractivity contribution in [3.05, 3.63) is 35.9 Å². The third-order valence-corrected chi connectivity index (χ3v) is 4.31. The van der Waals surface area contributed by atoms with E-state index in [2.05, 4.69) is 10.6 Å². The molecule has 1 fully saturated rings. The highest BCUT2D eigenvalue weighted by molar-refractivity contribution is 5.88. The van der Waals surface area contributed by atoms with Gasteiger partial charge >= 0.3 is 0 Å². The van der Waals surface area contributed by atoms with Gasteiger partial charge in [-0.3, -0.25) is 9.59 Å². The third kappa shape index (κ3) is 5.78. The minimum atomic E-state index is -0.595. The Morgan fingerprint density at radius 1 is 1.12 bits per heavy atom. The Labute approximate surface area is 148 Å². The molecule has 4 N–H and O–H groups in total. The number of hydrogen-bond acceptors (Lipinski definition) is 4.